The summed E-state index contributed by atoms with van der Waals surface area (Å²) in [6, 6.07) is 16.1. The van der Waals surface area contributed by atoms with E-state index in [0.29, 0.717) is 18.9 Å². The lowest BCUT2D eigenvalue weighted by molar-refractivity contribution is -0.120. The van der Waals surface area contributed by atoms with Gasteiger partial charge in [0.1, 0.15) is 17.9 Å². The fourth-order valence-corrected chi connectivity index (χ4v) is 5.56. The van der Waals surface area contributed by atoms with Gasteiger partial charge >= 0.3 is 12.2 Å². The maximum Gasteiger partial charge on any atom is 0.407 e. The molecule has 2 unspecified atom stereocenters. The largest absolute Gasteiger partial charge is 0.453 e. The molecule has 0 spiro atoms. The van der Waals surface area contributed by atoms with Crippen LogP contribution < -0.4 is 16.0 Å². The minimum atomic E-state index is -0.655. The van der Waals surface area contributed by atoms with Crippen molar-refractivity contribution in [2.45, 2.75) is 70.9 Å². The highest BCUT2D eigenvalue weighted by Crippen LogP contribution is 2.30. The molecular weight excluding hydrogens is 725 g/mol. The first kappa shape index (κ1) is 45.0. The monoisotopic (exact) mass is 778 g/mol. The first-order valence-corrected chi connectivity index (χ1v) is 19.0. The lowest BCUT2D eigenvalue weighted by Gasteiger charge is -2.16. The number of likely N-dealkylation sites (tertiary alicyclic amines) is 1. The summed E-state index contributed by atoms with van der Waals surface area (Å²) in [6.45, 7) is 5.80. The summed E-state index contributed by atoms with van der Waals surface area (Å²) >= 11 is 0. The number of rotatable bonds is 13. The lowest BCUT2D eigenvalue weighted by Crippen LogP contribution is -2.37. The van der Waals surface area contributed by atoms with E-state index >= 15 is 0 Å². The van der Waals surface area contributed by atoms with Gasteiger partial charge in [0.2, 0.25) is 5.91 Å². The molecule has 1 aliphatic heterocycles. The van der Waals surface area contributed by atoms with Gasteiger partial charge in [-0.2, -0.15) is 0 Å². The lowest BCUT2D eigenvalue weighted by atomic mass is 10.1. The van der Waals surface area contributed by atoms with Gasteiger partial charge in [0.25, 0.3) is 0 Å². The highest BCUT2D eigenvalue weighted by molar-refractivity contribution is 5.82. The van der Waals surface area contributed by atoms with Crippen LogP contribution in [0.3, 0.4) is 0 Å². The van der Waals surface area contributed by atoms with E-state index in [1.54, 1.807) is 0 Å². The Kier molecular flexibility index (Phi) is 19.7. The highest BCUT2D eigenvalue weighted by Gasteiger charge is 2.25. The Morgan fingerprint density at radius 1 is 0.912 bits per heavy atom. The second-order valence-corrected chi connectivity index (χ2v) is 13.1. The van der Waals surface area contributed by atoms with E-state index in [1.165, 1.54) is 27.1 Å². The summed E-state index contributed by atoms with van der Waals surface area (Å²) in [7, 11) is 4.63. The van der Waals surface area contributed by atoms with Gasteiger partial charge in [-0.3, -0.25) is 9.69 Å². The molecule has 0 radical (unpaired) electrons. The number of carbonyl (C=O) groups excluding carboxylic acids is 4. The van der Waals surface area contributed by atoms with Gasteiger partial charge in [-0.25, -0.2) is 19.6 Å². The number of aryl methyl sites for hydroxylation is 1. The second-order valence-electron chi connectivity index (χ2n) is 13.1. The molecule has 3 amide bonds. The fraction of sp³-hybridized carbons (Fsp3) is 0.395. The number of ether oxygens (including phenoxy) is 2. The predicted molar refractivity (Wildman–Crippen MR) is 220 cm³/mol. The first-order chi connectivity index (χ1) is 27.6. The van der Waals surface area contributed by atoms with Crippen molar-refractivity contribution in [1.82, 2.24) is 40.8 Å². The van der Waals surface area contributed by atoms with Crippen LogP contribution in [-0.2, 0) is 25.5 Å². The summed E-state index contributed by atoms with van der Waals surface area (Å²) in [4.78, 5) is 61.7. The van der Waals surface area contributed by atoms with Crippen molar-refractivity contribution in [2.75, 3.05) is 40.9 Å². The van der Waals surface area contributed by atoms with E-state index in [2.05, 4.69) is 101 Å². The van der Waals surface area contributed by atoms with Gasteiger partial charge in [-0.05, 0) is 74.7 Å². The number of methoxy groups -OCH3 is 2. The van der Waals surface area contributed by atoms with Crippen molar-refractivity contribution in [3.63, 3.8) is 0 Å². The predicted octanol–water partition coefficient (Wildman–Crippen LogP) is 5.78. The zero-order valence-electron chi connectivity index (χ0n) is 33.4. The van der Waals surface area contributed by atoms with Gasteiger partial charge in [0.05, 0.1) is 56.6 Å². The van der Waals surface area contributed by atoms with Gasteiger partial charge < -0.3 is 40.2 Å². The minimum Gasteiger partial charge on any atom is -0.453 e. The van der Waals surface area contributed by atoms with Crippen LogP contribution in [0.15, 0.2) is 60.9 Å². The van der Waals surface area contributed by atoms with E-state index < -0.39 is 18.2 Å². The molecule has 14 nitrogen and oxygen atoms in total. The third-order valence-electron chi connectivity index (χ3n) is 8.53. The number of benzene rings is 2. The Morgan fingerprint density at radius 3 is 2.05 bits per heavy atom. The molecule has 2 aromatic carbocycles. The molecule has 3 heterocycles. The zero-order valence-corrected chi connectivity index (χ0v) is 33.4. The van der Waals surface area contributed by atoms with Gasteiger partial charge in [-0.15, -0.1) is 12.3 Å². The SMILES string of the molecule is C#CCC(C=O)NC(=O)OC.CCC.COC(=O)NCC(=O)NCCCCc1ncc(-c2ccc(C#Cc3ccc(-c4cnc(C5CCCN5C)[nH]4)cc3)cc2)[nH]1. The van der Waals surface area contributed by atoms with Crippen molar-refractivity contribution >= 4 is 24.4 Å². The smallest absolute Gasteiger partial charge is 0.407 e. The number of unbranched alkanes of at least 4 members (excludes halogenated alkanes) is 1. The number of amides is 3. The molecule has 4 aromatic rings. The number of carbonyl (C=O) groups is 4. The second kappa shape index (κ2) is 24.9. The average molecular weight is 779 g/mol. The Labute approximate surface area is 335 Å². The molecule has 1 saturated heterocycles. The van der Waals surface area contributed by atoms with Crippen molar-refractivity contribution in [1.29, 1.82) is 0 Å². The number of nitrogens with zero attached hydrogens (tertiary/aromatic N) is 3. The Balaban J connectivity index is 0.000000533. The Bertz CT molecular complexity index is 1950. The van der Waals surface area contributed by atoms with Crippen LogP contribution in [0.25, 0.3) is 22.5 Å². The number of aldehydes is 1. The number of nitrogens with one attached hydrogen (secondary N) is 5. The van der Waals surface area contributed by atoms with Crippen molar-refractivity contribution in [3.05, 3.63) is 83.7 Å². The van der Waals surface area contributed by atoms with Crippen LogP contribution in [0.4, 0.5) is 9.59 Å². The zero-order chi connectivity index (χ0) is 41.4. The fourth-order valence-electron chi connectivity index (χ4n) is 5.56. The molecule has 1 fully saturated rings. The number of hydrogen-bond acceptors (Lipinski definition) is 9. The van der Waals surface area contributed by atoms with E-state index in [-0.39, 0.29) is 18.9 Å². The maximum atomic E-state index is 11.7. The maximum absolute atomic E-state index is 11.7. The molecule has 0 aliphatic carbocycles. The number of aromatic amines is 2. The average Bonchev–Trinajstić information content (AvgIpc) is 4.01. The van der Waals surface area contributed by atoms with Crippen LogP contribution in [0.1, 0.15) is 81.2 Å². The first-order valence-electron chi connectivity index (χ1n) is 19.0. The Morgan fingerprint density at radius 2 is 1.51 bits per heavy atom. The summed E-state index contributed by atoms with van der Waals surface area (Å²) < 4.78 is 8.69. The quantitative estimate of drug-likeness (QED) is 0.0639. The highest BCUT2D eigenvalue weighted by atomic mass is 16.5. The molecule has 2 atom stereocenters. The molecule has 302 valence electrons. The normalized spacial score (nSPS) is 13.4. The number of terminal acetylenes is 1. The molecule has 14 heteroatoms. The molecule has 5 rings (SSSR count). The van der Waals surface area contributed by atoms with Crippen LogP contribution in [-0.4, -0.2) is 96.2 Å². The van der Waals surface area contributed by atoms with E-state index in [1.807, 2.05) is 48.8 Å². The molecule has 57 heavy (non-hydrogen) atoms. The van der Waals surface area contributed by atoms with Gasteiger partial charge in [-0.1, -0.05) is 56.4 Å². The molecular formula is C43H54N8O6. The summed E-state index contributed by atoms with van der Waals surface area (Å²) in [5.74, 6) is 10.5. The third kappa shape index (κ3) is 15.7. The minimum absolute atomic E-state index is 0.0995. The molecule has 0 saturated carbocycles. The number of aromatic nitrogens is 4. The van der Waals surface area contributed by atoms with Crippen LogP contribution in [0.2, 0.25) is 0 Å². The number of alkyl carbamates (subject to hydrolysis) is 2. The van der Waals surface area contributed by atoms with E-state index in [4.69, 9.17) is 6.42 Å². The van der Waals surface area contributed by atoms with Crippen molar-refractivity contribution in [2.24, 2.45) is 0 Å². The number of imidazole rings is 2. The molecule has 5 N–H and O–H groups in total. The molecule has 0 bridgehead atoms. The van der Waals surface area contributed by atoms with Crippen molar-refractivity contribution in [3.8, 4) is 46.7 Å². The number of H-pyrrole nitrogens is 2. The summed E-state index contributed by atoms with van der Waals surface area (Å²) in [5.41, 5.74) is 6.03. The molecule has 1 aliphatic rings. The standard InChI is InChI=1S/C33H37N7O3.C7H9NO3.C3H8/c1-40-19-5-6-29(40)32-36-21-28(39-32)26-16-12-24(13-17-26)9-8-23-10-14-25(15-11-23)27-20-35-30(38-27)7-3-4-18-34-31(41)22-37-33(42)43-2;1-3-4-6(5-9)8-7(10)11-2;1-3-2/h10-17,20-21,29H,3-7,18-19,22H2,1-2H3,(H,34,41)(H,35,38)(H,36,39)(H,37,42);1,5-6H,4H2,2H3,(H,8,10);3H2,1-2H3. The third-order valence-corrected chi connectivity index (χ3v) is 8.53. The molecule has 2 aromatic heterocycles. The van der Waals surface area contributed by atoms with Crippen LogP contribution >= 0.6 is 0 Å². The summed E-state index contributed by atoms with van der Waals surface area (Å²) in [5, 5.41) is 7.37. The van der Waals surface area contributed by atoms with E-state index in [0.717, 1.165) is 77.5 Å². The Hall–Kier alpha value is -6.38. The van der Waals surface area contributed by atoms with Crippen molar-refractivity contribution < 1.29 is 28.7 Å². The van der Waals surface area contributed by atoms with Crippen LogP contribution in [0, 0.1) is 24.2 Å². The van der Waals surface area contributed by atoms with Crippen LogP contribution in [0.5, 0.6) is 0 Å². The van der Waals surface area contributed by atoms with E-state index in [9.17, 15) is 19.2 Å². The topological polar surface area (TPSA) is 183 Å². The summed E-state index contributed by atoms with van der Waals surface area (Å²) in [6.07, 6.45) is 14.2. The van der Waals surface area contributed by atoms with Gasteiger partial charge in [0, 0.05) is 30.5 Å². The number of hydrogen-bond donors (Lipinski definition) is 5. The van der Waals surface area contributed by atoms with Gasteiger partial charge in [0.15, 0.2) is 0 Å².